The summed E-state index contributed by atoms with van der Waals surface area (Å²) in [6.07, 6.45) is 0.352. The Labute approximate surface area is 139 Å². The smallest absolute Gasteiger partial charge is 0.257 e. The van der Waals surface area contributed by atoms with Crippen LogP contribution < -0.4 is 4.74 Å². The van der Waals surface area contributed by atoms with Crippen molar-refractivity contribution in [3.8, 4) is 5.75 Å². The Balaban J connectivity index is 1.73. The van der Waals surface area contributed by atoms with Crippen LogP contribution in [0.1, 0.15) is 29.4 Å². The number of para-hydroxylation sites is 1. The van der Waals surface area contributed by atoms with Gasteiger partial charge in [-0.3, -0.25) is 4.79 Å². The summed E-state index contributed by atoms with van der Waals surface area (Å²) >= 11 is 1.51. The van der Waals surface area contributed by atoms with Gasteiger partial charge in [-0.1, -0.05) is 19.1 Å². The number of rotatable bonds is 4. The van der Waals surface area contributed by atoms with E-state index in [4.69, 9.17) is 4.74 Å². The highest BCUT2D eigenvalue weighted by Gasteiger charge is 2.29. The lowest BCUT2D eigenvalue weighted by Gasteiger charge is -2.34. The van der Waals surface area contributed by atoms with Crippen molar-refractivity contribution >= 4 is 17.2 Å². The highest BCUT2D eigenvalue weighted by atomic mass is 32.1. The number of amides is 1. The van der Waals surface area contributed by atoms with E-state index in [0.717, 1.165) is 12.1 Å². The number of likely N-dealkylation sites (tertiary alicyclic amines) is 1. The molecule has 0 bridgehead atoms. The molecule has 2 aromatic rings. The largest absolute Gasteiger partial charge is 0.486 e. The zero-order valence-electron chi connectivity index (χ0n) is 13.0. The second-order valence-corrected chi connectivity index (χ2v) is 6.57. The van der Waals surface area contributed by atoms with Crippen LogP contribution in [0.25, 0.3) is 0 Å². The van der Waals surface area contributed by atoms with E-state index >= 15 is 0 Å². The predicted octanol–water partition coefficient (Wildman–Crippen LogP) is 2.57. The van der Waals surface area contributed by atoms with Crippen LogP contribution in [-0.2, 0) is 6.61 Å². The number of ether oxygens (including phenoxy) is 1. The number of aliphatic hydroxyl groups excluding tert-OH is 1. The summed E-state index contributed by atoms with van der Waals surface area (Å²) in [5, 5.41) is 11.9. The molecule has 5 nitrogen and oxygen atoms in total. The number of carbonyl (C=O) groups is 1. The van der Waals surface area contributed by atoms with Crippen LogP contribution in [0.15, 0.2) is 35.2 Å². The molecule has 6 heteroatoms. The Morgan fingerprint density at radius 2 is 2.30 bits per heavy atom. The number of nitrogens with zero attached hydrogens (tertiary/aromatic N) is 2. The molecule has 1 aliphatic heterocycles. The Hall–Kier alpha value is -1.92. The van der Waals surface area contributed by atoms with Gasteiger partial charge < -0.3 is 14.7 Å². The summed E-state index contributed by atoms with van der Waals surface area (Å²) in [6, 6.07) is 7.23. The molecule has 3 rings (SSSR count). The number of hydrogen-bond acceptors (Lipinski definition) is 5. The van der Waals surface area contributed by atoms with E-state index in [1.807, 2.05) is 24.4 Å². The van der Waals surface area contributed by atoms with E-state index in [1.165, 1.54) is 11.3 Å². The fraction of sp³-hybridized carbons (Fsp3) is 0.412. The van der Waals surface area contributed by atoms with Crippen molar-refractivity contribution in [2.24, 2.45) is 5.92 Å². The minimum atomic E-state index is -0.462. The molecule has 122 valence electrons. The van der Waals surface area contributed by atoms with E-state index in [1.54, 1.807) is 22.5 Å². The summed E-state index contributed by atoms with van der Waals surface area (Å²) in [5.74, 6) is 0.693. The number of thiazole rings is 1. The van der Waals surface area contributed by atoms with Gasteiger partial charge in [-0.05, 0) is 24.5 Å². The second-order valence-electron chi connectivity index (χ2n) is 5.85. The quantitative estimate of drug-likeness (QED) is 0.935. The van der Waals surface area contributed by atoms with Crippen molar-refractivity contribution in [3.05, 3.63) is 46.4 Å². The first kappa shape index (κ1) is 16.0. The molecule has 1 aromatic heterocycles. The average molecular weight is 332 g/mol. The van der Waals surface area contributed by atoms with Crippen LogP contribution in [0, 0.1) is 5.92 Å². The normalized spacial score (nSPS) is 21.2. The second kappa shape index (κ2) is 7.10. The number of benzene rings is 1. The van der Waals surface area contributed by atoms with Crippen LogP contribution in [0.5, 0.6) is 5.75 Å². The molecule has 1 saturated heterocycles. The Morgan fingerprint density at radius 1 is 1.48 bits per heavy atom. The molecule has 0 aliphatic carbocycles. The molecular weight excluding hydrogens is 312 g/mol. The van der Waals surface area contributed by atoms with Gasteiger partial charge in [0.15, 0.2) is 0 Å². The lowest BCUT2D eigenvalue weighted by molar-refractivity contribution is 0.0246. The number of hydrogen-bond donors (Lipinski definition) is 1. The van der Waals surface area contributed by atoms with Gasteiger partial charge in [-0.15, -0.1) is 11.3 Å². The van der Waals surface area contributed by atoms with Crippen LogP contribution in [0.4, 0.5) is 0 Å². The Bertz CT molecular complexity index is 660. The van der Waals surface area contributed by atoms with Crippen LogP contribution >= 0.6 is 11.3 Å². The maximum Gasteiger partial charge on any atom is 0.257 e. The maximum absolute atomic E-state index is 12.8. The highest BCUT2D eigenvalue weighted by molar-refractivity contribution is 7.07. The number of carbonyl (C=O) groups excluding carboxylic acids is 1. The first-order valence-electron chi connectivity index (χ1n) is 7.71. The van der Waals surface area contributed by atoms with Gasteiger partial charge in [-0.25, -0.2) is 4.98 Å². The molecule has 0 spiro atoms. The summed E-state index contributed by atoms with van der Waals surface area (Å²) in [4.78, 5) is 18.6. The molecule has 1 aromatic carbocycles. The maximum atomic E-state index is 12.8. The van der Waals surface area contributed by atoms with E-state index in [2.05, 4.69) is 4.98 Å². The van der Waals surface area contributed by atoms with Crippen LogP contribution in [0.3, 0.4) is 0 Å². The number of β-amino-alcohol motifs (C(OH)–C–C–N with tert-alkyl or cyclic N) is 1. The molecule has 1 fully saturated rings. The third-order valence-corrected chi connectivity index (χ3v) is 4.82. The van der Waals surface area contributed by atoms with Gasteiger partial charge in [0.05, 0.1) is 22.9 Å². The zero-order chi connectivity index (χ0) is 16.2. The number of aliphatic hydroxyl groups is 1. The fourth-order valence-electron chi connectivity index (χ4n) is 2.63. The molecule has 2 heterocycles. The SMILES string of the molecule is CC1CCN(C(=O)c2ccccc2OCc2cscn2)CC1O. The molecule has 0 saturated carbocycles. The Morgan fingerprint density at radius 3 is 3.04 bits per heavy atom. The van der Waals surface area contributed by atoms with Gasteiger partial charge in [0.25, 0.3) is 5.91 Å². The summed E-state index contributed by atoms with van der Waals surface area (Å²) < 4.78 is 5.78. The molecule has 2 atom stereocenters. The standard InChI is InChI=1S/C17H20N2O3S/c1-12-6-7-19(8-15(12)20)17(21)14-4-2-3-5-16(14)22-9-13-10-23-11-18-13/h2-5,10-12,15,20H,6-9H2,1H3. The predicted molar refractivity (Wildman–Crippen MR) is 88.6 cm³/mol. The molecule has 2 unspecified atom stereocenters. The summed E-state index contributed by atoms with van der Waals surface area (Å²) in [5.41, 5.74) is 3.13. The van der Waals surface area contributed by atoms with Gasteiger partial charge in [0, 0.05) is 18.5 Å². The van der Waals surface area contributed by atoms with E-state index < -0.39 is 6.10 Å². The first-order chi connectivity index (χ1) is 11.1. The van der Waals surface area contributed by atoms with Gasteiger partial charge in [-0.2, -0.15) is 0 Å². The first-order valence-corrected chi connectivity index (χ1v) is 8.65. The van der Waals surface area contributed by atoms with Crippen LogP contribution in [0.2, 0.25) is 0 Å². The molecule has 1 N–H and O–H groups in total. The molecule has 1 amide bonds. The third kappa shape index (κ3) is 3.71. The summed E-state index contributed by atoms with van der Waals surface area (Å²) in [7, 11) is 0. The van der Waals surface area contributed by atoms with Crippen molar-refractivity contribution in [2.45, 2.75) is 26.1 Å². The fourth-order valence-corrected chi connectivity index (χ4v) is 3.18. The molecule has 23 heavy (non-hydrogen) atoms. The van der Waals surface area contributed by atoms with E-state index in [0.29, 0.717) is 31.0 Å². The molecule has 1 aliphatic rings. The van der Waals surface area contributed by atoms with Crippen molar-refractivity contribution in [2.75, 3.05) is 13.1 Å². The van der Waals surface area contributed by atoms with Crippen LogP contribution in [-0.4, -0.2) is 40.1 Å². The van der Waals surface area contributed by atoms with Crippen molar-refractivity contribution in [3.63, 3.8) is 0 Å². The minimum Gasteiger partial charge on any atom is -0.486 e. The van der Waals surface area contributed by atoms with E-state index in [-0.39, 0.29) is 11.8 Å². The van der Waals surface area contributed by atoms with Crippen molar-refractivity contribution in [1.29, 1.82) is 0 Å². The lowest BCUT2D eigenvalue weighted by atomic mass is 9.95. The molecule has 0 radical (unpaired) electrons. The zero-order valence-corrected chi connectivity index (χ0v) is 13.8. The average Bonchev–Trinajstić information content (AvgIpc) is 3.08. The number of piperidine rings is 1. The van der Waals surface area contributed by atoms with Crippen molar-refractivity contribution < 1.29 is 14.6 Å². The monoisotopic (exact) mass is 332 g/mol. The Kier molecular flexibility index (Phi) is 4.93. The minimum absolute atomic E-state index is 0.0928. The van der Waals surface area contributed by atoms with Gasteiger partial charge in [0.1, 0.15) is 12.4 Å². The lowest BCUT2D eigenvalue weighted by Crippen LogP contribution is -2.45. The van der Waals surface area contributed by atoms with Crippen molar-refractivity contribution in [1.82, 2.24) is 9.88 Å². The summed E-state index contributed by atoms with van der Waals surface area (Å²) in [6.45, 7) is 3.39. The molecular formula is C17H20N2O3S. The highest BCUT2D eigenvalue weighted by Crippen LogP contribution is 2.24. The van der Waals surface area contributed by atoms with Gasteiger partial charge >= 0.3 is 0 Å². The number of aromatic nitrogens is 1. The third-order valence-electron chi connectivity index (χ3n) is 4.18. The topological polar surface area (TPSA) is 62.7 Å². The van der Waals surface area contributed by atoms with Gasteiger partial charge in [0.2, 0.25) is 0 Å². The van der Waals surface area contributed by atoms with E-state index in [9.17, 15) is 9.90 Å².